The number of nitrogens with two attached hydrogens (primary N) is 1. The van der Waals surface area contributed by atoms with Crippen molar-refractivity contribution < 1.29 is 9.53 Å². The smallest absolute Gasteiger partial charge is 0.238 e. The molecule has 0 aliphatic carbocycles. The molecule has 0 spiro atoms. The third-order valence-corrected chi connectivity index (χ3v) is 6.23. The average Bonchev–Trinajstić information content (AvgIpc) is 3.13. The fourth-order valence-electron chi connectivity index (χ4n) is 4.04. The van der Waals surface area contributed by atoms with Gasteiger partial charge in [0.1, 0.15) is 17.6 Å². The summed E-state index contributed by atoms with van der Waals surface area (Å²) in [4.78, 5) is 29.1. The molecule has 0 saturated carbocycles. The fraction of sp³-hybridized carbons (Fsp3) is 0.478. The molecule has 1 aromatic carbocycles. The van der Waals surface area contributed by atoms with Crippen LogP contribution in [0.1, 0.15) is 41.9 Å². The second-order valence-electron chi connectivity index (χ2n) is 8.14. The number of carbonyl (C=O) groups excluding carboxylic acids is 1. The Bertz CT molecular complexity index is 1020. The van der Waals surface area contributed by atoms with E-state index < -0.39 is 5.92 Å². The Kier molecular flexibility index (Phi) is 8.02. The Hall–Kier alpha value is -2.40. The first-order valence-corrected chi connectivity index (χ1v) is 12.1. The van der Waals surface area contributed by atoms with E-state index in [0.717, 1.165) is 61.5 Å². The molecule has 10 heteroatoms. The third kappa shape index (κ3) is 5.75. The van der Waals surface area contributed by atoms with E-state index in [1.165, 1.54) is 0 Å². The van der Waals surface area contributed by atoms with Crippen molar-refractivity contribution >= 4 is 39.6 Å². The number of ether oxygens (including phenoxy) is 1. The zero-order chi connectivity index (χ0) is 23.2. The van der Waals surface area contributed by atoms with Crippen molar-refractivity contribution in [2.45, 2.75) is 25.8 Å². The van der Waals surface area contributed by atoms with Crippen LogP contribution in [-0.2, 0) is 16.1 Å². The van der Waals surface area contributed by atoms with Crippen LogP contribution in [0.5, 0.6) is 0 Å². The maximum Gasteiger partial charge on any atom is 0.238 e. The topological polar surface area (TPSA) is 118 Å². The van der Waals surface area contributed by atoms with Crippen molar-refractivity contribution in [2.24, 2.45) is 4.99 Å². The Balaban J connectivity index is 1.58. The van der Waals surface area contributed by atoms with E-state index in [-0.39, 0.29) is 5.91 Å². The van der Waals surface area contributed by atoms with Gasteiger partial charge in [0, 0.05) is 49.1 Å². The molecule has 1 fully saturated rings. The van der Waals surface area contributed by atoms with Crippen LogP contribution in [0.15, 0.2) is 27.7 Å². The number of anilines is 2. The normalized spacial score (nSPS) is 18.6. The van der Waals surface area contributed by atoms with Gasteiger partial charge in [-0.2, -0.15) is 0 Å². The van der Waals surface area contributed by atoms with Crippen LogP contribution in [0, 0.1) is 0 Å². The SMILES string of the molecule is CCCN=Cc1c(N)nc(CNCCN2CCOCC2)nc1C1C(=O)Nc2ccc(Br)cc21. The summed E-state index contributed by atoms with van der Waals surface area (Å²) in [6.45, 7) is 8.39. The number of carbonyl (C=O) groups is 1. The van der Waals surface area contributed by atoms with E-state index in [9.17, 15) is 4.79 Å². The van der Waals surface area contributed by atoms with Gasteiger partial charge in [0.25, 0.3) is 0 Å². The van der Waals surface area contributed by atoms with Gasteiger partial charge in [-0.3, -0.25) is 14.7 Å². The molecular weight excluding hydrogens is 486 g/mol. The van der Waals surface area contributed by atoms with Gasteiger partial charge in [0.2, 0.25) is 5.91 Å². The number of nitrogens with zero attached hydrogens (tertiary/aromatic N) is 4. The quantitative estimate of drug-likeness (QED) is 0.345. The number of hydrogen-bond donors (Lipinski definition) is 3. The first-order valence-electron chi connectivity index (χ1n) is 11.3. The van der Waals surface area contributed by atoms with Crippen LogP contribution in [-0.4, -0.2) is 72.9 Å². The van der Waals surface area contributed by atoms with Gasteiger partial charge in [-0.05, 0) is 30.2 Å². The minimum Gasteiger partial charge on any atom is -0.383 e. The van der Waals surface area contributed by atoms with Gasteiger partial charge >= 0.3 is 0 Å². The Morgan fingerprint density at radius 2 is 2.18 bits per heavy atom. The first kappa shape index (κ1) is 23.7. The molecule has 176 valence electrons. The standard InChI is InChI=1S/C23H30BrN7O2/c1-2-5-26-13-17-21(20-16-12-15(24)3-4-18(16)28-23(20)32)29-19(30-22(17)25)14-27-6-7-31-8-10-33-11-9-31/h3-4,12-13,20,27H,2,5-11,14H2,1H3,(H,28,32)(H2,25,29,30). The molecule has 2 aromatic rings. The molecule has 2 aliphatic rings. The molecule has 1 atom stereocenters. The van der Waals surface area contributed by atoms with Crippen LogP contribution in [0.4, 0.5) is 11.5 Å². The zero-order valence-corrected chi connectivity index (χ0v) is 20.4. The average molecular weight is 516 g/mol. The molecule has 0 bridgehead atoms. The van der Waals surface area contributed by atoms with Crippen molar-refractivity contribution in [2.75, 3.05) is 57.0 Å². The number of hydrogen-bond acceptors (Lipinski definition) is 8. The predicted octanol–water partition coefficient (Wildman–Crippen LogP) is 2.16. The van der Waals surface area contributed by atoms with Crippen LogP contribution < -0.4 is 16.4 Å². The van der Waals surface area contributed by atoms with E-state index >= 15 is 0 Å². The lowest BCUT2D eigenvalue weighted by Gasteiger charge is -2.26. The first-order chi connectivity index (χ1) is 16.1. The minimum atomic E-state index is -0.571. The van der Waals surface area contributed by atoms with Crippen molar-refractivity contribution in [3.8, 4) is 0 Å². The molecule has 1 saturated heterocycles. The minimum absolute atomic E-state index is 0.127. The highest BCUT2D eigenvalue weighted by atomic mass is 79.9. The molecule has 1 amide bonds. The Labute approximate surface area is 202 Å². The summed E-state index contributed by atoms with van der Waals surface area (Å²) in [5.74, 6) is 0.199. The zero-order valence-electron chi connectivity index (χ0n) is 18.8. The van der Waals surface area contributed by atoms with Crippen LogP contribution >= 0.6 is 15.9 Å². The highest BCUT2D eigenvalue weighted by molar-refractivity contribution is 9.10. The molecular formula is C23H30BrN7O2. The fourth-order valence-corrected chi connectivity index (χ4v) is 4.42. The summed E-state index contributed by atoms with van der Waals surface area (Å²) in [6, 6.07) is 5.74. The second kappa shape index (κ2) is 11.1. The van der Waals surface area contributed by atoms with Gasteiger partial charge in [-0.25, -0.2) is 9.97 Å². The molecule has 2 aliphatic heterocycles. The summed E-state index contributed by atoms with van der Waals surface area (Å²) in [5, 5.41) is 6.36. The monoisotopic (exact) mass is 515 g/mol. The van der Waals surface area contributed by atoms with E-state index in [1.54, 1.807) is 6.21 Å². The lowest BCUT2D eigenvalue weighted by molar-refractivity contribution is -0.116. The van der Waals surface area contributed by atoms with Crippen molar-refractivity contribution in [1.82, 2.24) is 20.2 Å². The molecule has 4 N–H and O–H groups in total. The number of nitrogens with one attached hydrogen (secondary N) is 2. The largest absolute Gasteiger partial charge is 0.383 e. The molecule has 33 heavy (non-hydrogen) atoms. The van der Waals surface area contributed by atoms with E-state index in [1.807, 2.05) is 18.2 Å². The molecule has 4 rings (SSSR count). The Morgan fingerprint density at radius 3 is 2.97 bits per heavy atom. The number of morpholine rings is 1. The van der Waals surface area contributed by atoms with Crippen LogP contribution in [0.2, 0.25) is 0 Å². The van der Waals surface area contributed by atoms with Crippen molar-refractivity contribution in [1.29, 1.82) is 0 Å². The summed E-state index contributed by atoms with van der Waals surface area (Å²) < 4.78 is 6.29. The summed E-state index contributed by atoms with van der Waals surface area (Å²) in [5.41, 5.74) is 9.19. The molecule has 0 radical (unpaired) electrons. The van der Waals surface area contributed by atoms with E-state index in [0.29, 0.717) is 36.0 Å². The lowest BCUT2D eigenvalue weighted by Crippen LogP contribution is -2.40. The van der Waals surface area contributed by atoms with E-state index in [2.05, 4.69) is 48.4 Å². The highest BCUT2D eigenvalue weighted by Crippen LogP contribution is 2.39. The third-order valence-electron chi connectivity index (χ3n) is 5.73. The summed E-state index contributed by atoms with van der Waals surface area (Å²) >= 11 is 3.51. The number of amides is 1. The molecule has 1 unspecified atom stereocenters. The van der Waals surface area contributed by atoms with Gasteiger partial charge in [-0.1, -0.05) is 22.9 Å². The maximum absolute atomic E-state index is 13.0. The highest BCUT2D eigenvalue weighted by Gasteiger charge is 2.35. The molecule has 3 heterocycles. The number of aromatic nitrogens is 2. The number of rotatable bonds is 9. The predicted molar refractivity (Wildman–Crippen MR) is 133 cm³/mol. The van der Waals surface area contributed by atoms with Crippen LogP contribution in [0.25, 0.3) is 0 Å². The summed E-state index contributed by atoms with van der Waals surface area (Å²) in [6.07, 6.45) is 2.62. The number of benzene rings is 1. The number of aliphatic imine (C=N–C) groups is 1. The van der Waals surface area contributed by atoms with Gasteiger partial charge < -0.3 is 21.1 Å². The van der Waals surface area contributed by atoms with E-state index in [4.69, 9.17) is 15.5 Å². The van der Waals surface area contributed by atoms with Gasteiger partial charge in [0.15, 0.2) is 0 Å². The lowest BCUT2D eigenvalue weighted by atomic mass is 9.94. The second-order valence-corrected chi connectivity index (χ2v) is 9.06. The van der Waals surface area contributed by atoms with Crippen molar-refractivity contribution in [3.63, 3.8) is 0 Å². The summed E-state index contributed by atoms with van der Waals surface area (Å²) in [7, 11) is 0. The van der Waals surface area contributed by atoms with Gasteiger partial charge in [-0.15, -0.1) is 0 Å². The number of nitrogen functional groups attached to an aromatic ring is 1. The molecule has 9 nitrogen and oxygen atoms in total. The Morgan fingerprint density at radius 1 is 1.36 bits per heavy atom. The van der Waals surface area contributed by atoms with Crippen molar-refractivity contribution in [3.05, 3.63) is 45.3 Å². The van der Waals surface area contributed by atoms with Gasteiger partial charge in [0.05, 0.1) is 31.0 Å². The maximum atomic E-state index is 13.0. The number of halogens is 1. The molecule has 1 aromatic heterocycles. The number of fused-ring (bicyclic) bond motifs is 1. The van der Waals surface area contributed by atoms with Crippen LogP contribution in [0.3, 0.4) is 0 Å².